The molecule has 0 amide bonds. The molecule has 0 heterocycles. The van der Waals surface area contributed by atoms with Gasteiger partial charge in [0.05, 0.1) is 18.2 Å². The highest BCUT2D eigenvalue weighted by molar-refractivity contribution is 6.11. The van der Waals surface area contributed by atoms with Crippen LogP contribution < -0.4 is 5.73 Å². The Labute approximate surface area is 365 Å². The number of nitriles is 1. The second kappa shape index (κ2) is 17.0. The Balaban J connectivity index is 0.887. The van der Waals surface area contributed by atoms with Gasteiger partial charge in [-0.1, -0.05) is 189 Å². The maximum atomic E-state index is 9.82. The largest absolute Gasteiger partial charge is 0.383 e. The van der Waals surface area contributed by atoms with Crippen molar-refractivity contribution >= 4 is 17.2 Å². The Hall–Kier alpha value is -7.35. The van der Waals surface area contributed by atoms with Crippen molar-refractivity contribution in [2.45, 2.75) is 56.4 Å². The van der Waals surface area contributed by atoms with Crippen LogP contribution in [0.1, 0.15) is 89.0 Å². The molecule has 2 N–H and O–H groups in total. The predicted octanol–water partition coefficient (Wildman–Crippen LogP) is 13.6. The van der Waals surface area contributed by atoms with E-state index in [1.807, 2.05) is 48.5 Å². The third-order valence-electron chi connectivity index (χ3n) is 13.2. The summed E-state index contributed by atoms with van der Waals surface area (Å²) in [5.41, 5.74) is 24.4. The van der Waals surface area contributed by atoms with Gasteiger partial charge in [-0.15, -0.1) is 0 Å². The maximum absolute atomic E-state index is 9.82. The number of benzene rings is 7. The average molecular weight is 801 g/mol. The Morgan fingerprint density at radius 2 is 1.32 bits per heavy atom. The first-order chi connectivity index (χ1) is 30.6. The summed E-state index contributed by atoms with van der Waals surface area (Å²) in [6, 6.07) is 61.9. The van der Waals surface area contributed by atoms with Crippen LogP contribution in [0, 0.1) is 11.3 Å². The Morgan fingerprint density at radius 1 is 0.629 bits per heavy atom. The van der Waals surface area contributed by atoms with Crippen LogP contribution in [-0.2, 0) is 12.0 Å². The van der Waals surface area contributed by atoms with Crippen LogP contribution in [0.2, 0.25) is 0 Å². The van der Waals surface area contributed by atoms with E-state index in [1.54, 1.807) is 0 Å². The van der Waals surface area contributed by atoms with Gasteiger partial charge >= 0.3 is 0 Å². The van der Waals surface area contributed by atoms with Gasteiger partial charge in [0.25, 0.3) is 0 Å². The highest BCUT2D eigenvalue weighted by atomic mass is 15.0. The van der Waals surface area contributed by atoms with Gasteiger partial charge in [0.1, 0.15) is 5.84 Å². The van der Waals surface area contributed by atoms with Crippen molar-refractivity contribution < 1.29 is 0 Å². The number of amidine groups is 2. The molecule has 3 aliphatic rings. The number of fused-ring (bicyclic) bond motifs is 5. The summed E-state index contributed by atoms with van der Waals surface area (Å²) in [6.07, 6.45) is 14.1. The lowest BCUT2D eigenvalue weighted by molar-refractivity contribution is 0.353. The van der Waals surface area contributed by atoms with Gasteiger partial charge in [-0.3, -0.25) is 4.99 Å². The first kappa shape index (κ1) is 38.8. The molecule has 1 fully saturated rings. The number of allylic oxidation sites excluding steroid dienone is 4. The first-order valence-corrected chi connectivity index (χ1v) is 21.9. The van der Waals surface area contributed by atoms with Crippen LogP contribution in [0.4, 0.5) is 0 Å². The van der Waals surface area contributed by atoms with Crippen molar-refractivity contribution in [3.63, 3.8) is 0 Å². The smallest absolute Gasteiger partial charge is 0.157 e. The number of nitrogens with zero attached hydrogens (tertiary/aromatic N) is 3. The molecule has 4 nitrogen and oxygen atoms in total. The van der Waals surface area contributed by atoms with E-state index in [0.717, 1.165) is 52.6 Å². The van der Waals surface area contributed by atoms with Crippen LogP contribution in [0.5, 0.6) is 0 Å². The van der Waals surface area contributed by atoms with Crippen LogP contribution in [0.3, 0.4) is 0 Å². The lowest BCUT2D eigenvalue weighted by Gasteiger charge is -2.36. The van der Waals surface area contributed by atoms with Gasteiger partial charge in [-0.2, -0.15) is 5.26 Å². The molecule has 1 saturated carbocycles. The number of hydrogen-bond acceptors (Lipinski definition) is 2. The minimum Gasteiger partial charge on any atom is -0.383 e. The minimum absolute atomic E-state index is 0.00980. The second-order valence-corrected chi connectivity index (χ2v) is 16.9. The lowest BCUT2D eigenvalue weighted by Crippen LogP contribution is -2.28. The molecule has 3 aliphatic carbocycles. The standard InChI is InChI=1S/C58H48N4/c59-38-41-25-32-52-54(35-41)58(33-8-3-9-34-58)53-22-12-21-51(55(52)53)45-30-28-44(29-31-45)47-17-10-18-48(36-47)49-19-11-20-50(37-49)56(60)62-57(46-15-6-2-7-16-46)61-39-40-23-26-43(27-24-40)42-13-4-1-5-14-42/h1-2,4-7,10-28,30-32,35-37,44H,3,8-9,29,33-34,39H2,(H2,60,61,62). The average Bonchev–Trinajstić information content (AvgIpc) is 3.61. The monoisotopic (exact) mass is 800 g/mol. The zero-order chi connectivity index (χ0) is 41.9. The maximum Gasteiger partial charge on any atom is 0.157 e. The quantitative estimate of drug-likeness (QED) is 0.123. The molecule has 300 valence electrons. The van der Waals surface area contributed by atoms with Crippen molar-refractivity contribution in [3.05, 3.63) is 233 Å². The van der Waals surface area contributed by atoms with Gasteiger partial charge in [-0.05, 0) is 104 Å². The summed E-state index contributed by atoms with van der Waals surface area (Å²) in [4.78, 5) is 9.92. The second-order valence-electron chi connectivity index (χ2n) is 16.9. The van der Waals surface area contributed by atoms with Crippen LogP contribution in [-0.4, -0.2) is 11.7 Å². The Morgan fingerprint density at radius 3 is 2.08 bits per heavy atom. The highest BCUT2D eigenvalue weighted by Crippen LogP contribution is 2.57. The SMILES string of the molecule is N#Cc1ccc2c(c1)C1(CCCCC1)c1cccc(C3=CCC(c4cccc(-c5cccc(/C(N)=N/C(=N\Cc6ccc(-c7ccccc7)cc6)c6ccccc6)c5)c4)C=C3)c1-2. The summed E-state index contributed by atoms with van der Waals surface area (Å²) in [7, 11) is 0. The van der Waals surface area contributed by atoms with Crippen molar-refractivity contribution in [1.29, 1.82) is 5.26 Å². The van der Waals surface area contributed by atoms with E-state index in [9.17, 15) is 5.26 Å². The topological polar surface area (TPSA) is 74.5 Å². The van der Waals surface area contributed by atoms with Crippen molar-refractivity contribution in [2.75, 3.05) is 0 Å². The molecule has 0 aliphatic heterocycles. The zero-order valence-electron chi connectivity index (χ0n) is 34.8. The summed E-state index contributed by atoms with van der Waals surface area (Å²) in [5, 5.41) is 9.82. The molecule has 0 saturated heterocycles. The molecular weight excluding hydrogens is 753 g/mol. The molecule has 62 heavy (non-hydrogen) atoms. The Kier molecular flexibility index (Phi) is 10.6. The third-order valence-corrected chi connectivity index (χ3v) is 13.2. The van der Waals surface area contributed by atoms with E-state index in [4.69, 9.17) is 15.7 Å². The van der Waals surface area contributed by atoms with Crippen molar-refractivity contribution in [2.24, 2.45) is 15.7 Å². The molecular formula is C58H48N4. The van der Waals surface area contributed by atoms with E-state index in [0.29, 0.717) is 18.2 Å². The normalized spacial score (nSPS) is 16.6. The molecule has 0 radical (unpaired) electrons. The fraction of sp³-hybridized carbons (Fsp3) is 0.155. The van der Waals surface area contributed by atoms with E-state index in [1.165, 1.54) is 69.3 Å². The van der Waals surface area contributed by atoms with Gasteiger partial charge < -0.3 is 5.73 Å². The van der Waals surface area contributed by atoms with Gasteiger partial charge in [0.2, 0.25) is 0 Å². The zero-order valence-corrected chi connectivity index (χ0v) is 34.8. The van der Waals surface area contributed by atoms with Crippen molar-refractivity contribution in [1.82, 2.24) is 0 Å². The van der Waals surface area contributed by atoms with E-state index in [-0.39, 0.29) is 11.3 Å². The highest BCUT2D eigenvalue weighted by Gasteiger charge is 2.44. The molecule has 7 aromatic carbocycles. The summed E-state index contributed by atoms with van der Waals surface area (Å²) in [5.74, 6) is 1.29. The predicted molar refractivity (Wildman–Crippen MR) is 256 cm³/mol. The molecule has 1 unspecified atom stereocenters. The molecule has 0 aromatic heterocycles. The molecule has 7 aromatic rings. The summed E-state index contributed by atoms with van der Waals surface area (Å²) >= 11 is 0. The molecule has 1 spiro atoms. The van der Waals surface area contributed by atoms with E-state index < -0.39 is 0 Å². The molecule has 1 atom stereocenters. The lowest BCUT2D eigenvalue weighted by atomic mass is 9.67. The van der Waals surface area contributed by atoms with Gasteiger partial charge in [0.15, 0.2) is 5.84 Å². The Bertz CT molecular complexity index is 2940. The van der Waals surface area contributed by atoms with Gasteiger partial charge in [0, 0.05) is 22.5 Å². The van der Waals surface area contributed by atoms with Crippen LogP contribution in [0.15, 0.2) is 198 Å². The third kappa shape index (κ3) is 7.52. The fourth-order valence-electron chi connectivity index (χ4n) is 9.98. The van der Waals surface area contributed by atoms with E-state index in [2.05, 4.69) is 146 Å². The first-order valence-electron chi connectivity index (χ1n) is 21.9. The number of nitrogens with two attached hydrogens (primary N) is 1. The van der Waals surface area contributed by atoms with E-state index >= 15 is 0 Å². The summed E-state index contributed by atoms with van der Waals surface area (Å²) < 4.78 is 0. The molecule has 4 heteroatoms. The van der Waals surface area contributed by atoms with Crippen LogP contribution in [0.25, 0.3) is 39.0 Å². The minimum atomic E-state index is 0.00980. The fourth-order valence-corrected chi connectivity index (χ4v) is 9.98. The number of hydrogen-bond donors (Lipinski definition) is 1. The number of aliphatic imine (C=N–C) groups is 2. The van der Waals surface area contributed by atoms with Crippen molar-refractivity contribution in [3.8, 4) is 39.4 Å². The number of rotatable bonds is 8. The summed E-state index contributed by atoms with van der Waals surface area (Å²) in [6.45, 7) is 0.488. The molecule has 10 rings (SSSR count). The molecule has 0 bridgehead atoms. The van der Waals surface area contributed by atoms with Gasteiger partial charge in [-0.25, -0.2) is 4.99 Å². The van der Waals surface area contributed by atoms with Crippen LogP contribution >= 0.6 is 0 Å².